The number of aromatic nitrogens is 2. The van der Waals surface area contributed by atoms with Gasteiger partial charge in [-0.15, -0.1) is 0 Å². The van der Waals surface area contributed by atoms with Crippen molar-refractivity contribution in [3.8, 4) is 11.2 Å². The molecule has 2 heterocycles. The summed E-state index contributed by atoms with van der Waals surface area (Å²) in [6, 6.07) is 8.41. The van der Waals surface area contributed by atoms with Crippen LogP contribution in [0.2, 0.25) is 0 Å². The first-order chi connectivity index (χ1) is 13.1. The van der Waals surface area contributed by atoms with Gasteiger partial charge in [-0.3, -0.25) is 14.6 Å². The zero-order valence-electron chi connectivity index (χ0n) is 14.6. The molecule has 1 aliphatic heterocycles. The minimum Gasteiger partial charge on any atom is -0.336 e. The number of rotatable bonds is 2. The lowest BCUT2D eigenvalue weighted by molar-refractivity contribution is 0.0719. The molecule has 2 fully saturated rings. The quantitative estimate of drug-likeness (QED) is 0.516. The fourth-order valence-electron chi connectivity index (χ4n) is 4.25. The number of aromatic amines is 1. The smallest absolute Gasteiger partial charge is 0.272 e. The van der Waals surface area contributed by atoms with Crippen LogP contribution in [0.1, 0.15) is 46.8 Å². The van der Waals surface area contributed by atoms with Crippen LogP contribution in [0, 0.1) is 16.6 Å². The van der Waals surface area contributed by atoms with Crippen LogP contribution in [0.3, 0.4) is 0 Å². The molecule has 1 aromatic heterocycles. The Labute approximate surface area is 173 Å². The minimum absolute atomic E-state index is 0.143. The molecule has 1 saturated carbocycles. The van der Waals surface area contributed by atoms with Gasteiger partial charge in [0, 0.05) is 45.8 Å². The summed E-state index contributed by atoms with van der Waals surface area (Å²) in [6.07, 6.45) is 6.09. The largest absolute Gasteiger partial charge is 0.336 e. The van der Waals surface area contributed by atoms with E-state index in [1.165, 1.54) is 33.3 Å². The van der Waals surface area contributed by atoms with Gasteiger partial charge in [0.25, 0.3) is 11.5 Å². The van der Waals surface area contributed by atoms with E-state index in [9.17, 15) is 9.59 Å². The molecule has 1 saturated heterocycles. The van der Waals surface area contributed by atoms with Crippen LogP contribution in [0.5, 0.6) is 0 Å². The lowest BCUT2D eigenvalue weighted by Gasteiger charge is -2.43. The Morgan fingerprint density at radius 2 is 2.07 bits per heavy atom. The maximum atomic E-state index is 12.9. The van der Waals surface area contributed by atoms with E-state index in [2.05, 4.69) is 66.6 Å². The molecule has 4 rings (SSSR count). The summed E-state index contributed by atoms with van der Waals surface area (Å²) in [5.74, 6) is 3.29. The lowest BCUT2D eigenvalue weighted by atomic mass is 9.61. The second-order valence-electron chi connectivity index (χ2n) is 7.19. The average Bonchev–Trinajstić information content (AvgIpc) is 3.07. The molecule has 0 radical (unpaired) electrons. The topological polar surface area (TPSA) is 66.1 Å². The fourth-order valence-corrected chi connectivity index (χ4v) is 4.74. The standard InChI is InChI=1S/C20H18IN3O2S/c21-27-9-6-14-2-4-15(5-3-14)16-12-24(13-20(16)7-1-8-20)19(26)17-10-22-11-18(25)23-17/h2-5,10-11,16H,1,7-8,12-13H2,(H,23,25). The fraction of sp³-hybridized carbons (Fsp3) is 0.350. The van der Waals surface area contributed by atoms with Crippen molar-refractivity contribution in [1.29, 1.82) is 0 Å². The Hall–Kier alpha value is -1.79. The van der Waals surface area contributed by atoms with Crippen molar-refractivity contribution in [2.45, 2.75) is 25.2 Å². The van der Waals surface area contributed by atoms with Crippen LogP contribution in [0.4, 0.5) is 0 Å². The number of benzene rings is 1. The molecular formula is C20H18IN3O2S. The van der Waals surface area contributed by atoms with Gasteiger partial charge in [0.05, 0.1) is 12.4 Å². The van der Waals surface area contributed by atoms with Crippen molar-refractivity contribution in [3.63, 3.8) is 0 Å². The number of hydrogen-bond donors (Lipinski definition) is 1. The van der Waals surface area contributed by atoms with Crippen LogP contribution in [-0.2, 0) is 0 Å². The SMILES string of the molecule is O=C(c1cncc(=O)[nH]1)N1CC(c2ccc(C#CSI)cc2)C2(CCC2)C1. The highest BCUT2D eigenvalue weighted by Crippen LogP contribution is 2.55. The van der Waals surface area contributed by atoms with E-state index in [1.54, 1.807) is 0 Å². The third-order valence-electron chi connectivity index (χ3n) is 5.72. The second-order valence-corrected chi connectivity index (χ2v) is 8.87. The Morgan fingerprint density at radius 3 is 2.70 bits per heavy atom. The monoisotopic (exact) mass is 491 g/mol. The Kier molecular flexibility index (Phi) is 5.28. The van der Waals surface area contributed by atoms with Gasteiger partial charge in [-0.25, -0.2) is 0 Å². The summed E-state index contributed by atoms with van der Waals surface area (Å²) >= 11 is 2.16. The number of amides is 1. The molecule has 1 N–H and O–H groups in total. The van der Waals surface area contributed by atoms with E-state index in [0.29, 0.717) is 12.5 Å². The number of likely N-dealkylation sites (tertiary alicyclic amines) is 1. The van der Waals surface area contributed by atoms with E-state index < -0.39 is 0 Å². The van der Waals surface area contributed by atoms with Gasteiger partial charge in [-0.05, 0) is 50.1 Å². The van der Waals surface area contributed by atoms with E-state index in [1.807, 2.05) is 4.90 Å². The maximum absolute atomic E-state index is 12.9. The van der Waals surface area contributed by atoms with Crippen LogP contribution in [0.25, 0.3) is 0 Å². The van der Waals surface area contributed by atoms with Crippen LogP contribution in [-0.4, -0.2) is 33.9 Å². The van der Waals surface area contributed by atoms with Crippen molar-refractivity contribution in [3.05, 3.63) is 63.8 Å². The van der Waals surface area contributed by atoms with Gasteiger partial charge in [0.2, 0.25) is 0 Å². The minimum atomic E-state index is -0.351. The van der Waals surface area contributed by atoms with E-state index in [0.717, 1.165) is 24.9 Å². The zero-order valence-corrected chi connectivity index (χ0v) is 17.5. The molecule has 1 atom stereocenters. The number of nitrogens with one attached hydrogen (secondary N) is 1. The zero-order chi connectivity index (χ0) is 18.9. The van der Waals surface area contributed by atoms with Gasteiger partial charge in [-0.2, -0.15) is 0 Å². The summed E-state index contributed by atoms with van der Waals surface area (Å²) in [4.78, 5) is 32.7. The first-order valence-electron chi connectivity index (χ1n) is 8.83. The molecule has 2 aliphatic rings. The van der Waals surface area contributed by atoms with Crippen molar-refractivity contribution in [2.24, 2.45) is 5.41 Å². The Bertz CT molecular complexity index is 973. The molecule has 1 aromatic carbocycles. The molecule has 138 valence electrons. The van der Waals surface area contributed by atoms with Crippen LogP contribution >= 0.6 is 30.1 Å². The molecular weight excluding hydrogens is 473 g/mol. The normalized spacial score (nSPS) is 20.0. The number of halogens is 1. The van der Waals surface area contributed by atoms with Gasteiger partial charge in [0.1, 0.15) is 5.69 Å². The van der Waals surface area contributed by atoms with E-state index in [4.69, 9.17) is 0 Å². The van der Waals surface area contributed by atoms with Crippen molar-refractivity contribution < 1.29 is 4.79 Å². The number of H-pyrrole nitrogens is 1. The average molecular weight is 491 g/mol. The summed E-state index contributed by atoms with van der Waals surface area (Å²) in [6.45, 7) is 1.41. The molecule has 5 nitrogen and oxygen atoms in total. The van der Waals surface area contributed by atoms with E-state index in [-0.39, 0.29) is 22.6 Å². The Balaban J connectivity index is 1.58. The summed E-state index contributed by atoms with van der Waals surface area (Å²) in [5, 5.41) is 3.00. The molecule has 0 bridgehead atoms. The summed E-state index contributed by atoms with van der Waals surface area (Å²) in [5.41, 5.74) is 2.33. The van der Waals surface area contributed by atoms with Crippen LogP contribution in [0.15, 0.2) is 41.5 Å². The molecule has 1 aliphatic carbocycles. The maximum Gasteiger partial charge on any atom is 0.272 e. The number of hydrogen-bond acceptors (Lipinski definition) is 4. The predicted molar refractivity (Wildman–Crippen MR) is 115 cm³/mol. The molecule has 1 amide bonds. The second kappa shape index (κ2) is 7.68. The predicted octanol–water partition coefficient (Wildman–Crippen LogP) is 3.57. The van der Waals surface area contributed by atoms with Crippen molar-refractivity contribution in [1.82, 2.24) is 14.9 Å². The first-order valence-corrected chi connectivity index (χ1v) is 12.2. The molecule has 7 heteroatoms. The van der Waals surface area contributed by atoms with Crippen LogP contribution < -0.4 is 5.56 Å². The third-order valence-corrected chi connectivity index (χ3v) is 6.55. The lowest BCUT2D eigenvalue weighted by Crippen LogP contribution is -2.38. The molecule has 1 spiro atoms. The Morgan fingerprint density at radius 1 is 1.30 bits per heavy atom. The highest BCUT2D eigenvalue weighted by molar-refractivity contribution is 14.2. The summed E-state index contributed by atoms with van der Waals surface area (Å²) in [7, 11) is 1.48. The van der Waals surface area contributed by atoms with Crippen molar-refractivity contribution >= 4 is 36.0 Å². The molecule has 2 aromatic rings. The van der Waals surface area contributed by atoms with Gasteiger partial charge < -0.3 is 9.88 Å². The first kappa shape index (κ1) is 18.6. The number of carbonyl (C=O) groups excluding carboxylic acids is 1. The van der Waals surface area contributed by atoms with E-state index >= 15 is 0 Å². The number of carbonyl (C=O) groups is 1. The highest BCUT2D eigenvalue weighted by Gasteiger charge is 2.52. The van der Waals surface area contributed by atoms with Gasteiger partial charge in [0.15, 0.2) is 0 Å². The molecule has 1 unspecified atom stereocenters. The molecule has 27 heavy (non-hydrogen) atoms. The van der Waals surface area contributed by atoms with Crippen molar-refractivity contribution in [2.75, 3.05) is 13.1 Å². The number of nitrogens with zero attached hydrogens (tertiary/aromatic N) is 2. The third kappa shape index (κ3) is 3.65. The van der Waals surface area contributed by atoms with Gasteiger partial charge in [-0.1, -0.05) is 24.5 Å². The van der Waals surface area contributed by atoms with Gasteiger partial charge >= 0.3 is 0 Å². The highest BCUT2D eigenvalue weighted by atomic mass is 127. The summed E-state index contributed by atoms with van der Waals surface area (Å²) < 4.78 is 0.